The summed E-state index contributed by atoms with van der Waals surface area (Å²) in [7, 11) is -0.556. The topological polar surface area (TPSA) is 62.6 Å². The molecule has 0 bridgehead atoms. The number of benzene rings is 1. The predicted molar refractivity (Wildman–Crippen MR) is 73.3 cm³/mol. The van der Waals surface area contributed by atoms with Crippen molar-refractivity contribution in [2.24, 2.45) is 0 Å². The van der Waals surface area contributed by atoms with Crippen LogP contribution in [0.3, 0.4) is 0 Å². The van der Waals surface area contributed by atoms with Gasteiger partial charge in [-0.1, -0.05) is 18.2 Å². The molecular weight excluding hydrogens is 264 g/mol. The van der Waals surface area contributed by atoms with Crippen LogP contribution < -0.4 is 5.32 Å². The van der Waals surface area contributed by atoms with E-state index in [1.54, 1.807) is 6.07 Å². The number of rotatable bonds is 5. The van der Waals surface area contributed by atoms with Gasteiger partial charge in [-0.25, -0.2) is 12.7 Å². The standard InChI is InChI=1S/C13H16N2O3S/c1-15(2)19(16,17)13-9-8-12(18-13)10-14-11-6-4-3-5-7-11/h3-9,14H,10H2,1-2H3. The van der Waals surface area contributed by atoms with Crippen molar-refractivity contribution in [2.45, 2.75) is 11.6 Å². The van der Waals surface area contributed by atoms with Crippen LogP contribution in [0.2, 0.25) is 0 Å². The summed E-state index contributed by atoms with van der Waals surface area (Å²) in [5.41, 5.74) is 0.955. The van der Waals surface area contributed by atoms with E-state index >= 15 is 0 Å². The van der Waals surface area contributed by atoms with Gasteiger partial charge < -0.3 is 9.73 Å². The highest BCUT2D eigenvalue weighted by Crippen LogP contribution is 2.17. The fourth-order valence-corrected chi connectivity index (χ4v) is 2.33. The van der Waals surface area contributed by atoms with E-state index in [0.29, 0.717) is 12.3 Å². The number of sulfonamides is 1. The highest BCUT2D eigenvalue weighted by atomic mass is 32.2. The van der Waals surface area contributed by atoms with Gasteiger partial charge >= 0.3 is 0 Å². The molecule has 2 aromatic rings. The molecule has 102 valence electrons. The van der Waals surface area contributed by atoms with Crippen molar-refractivity contribution < 1.29 is 12.8 Å². The molecule has 0 amide bonds. The Morgan fingerprint density at radius 1 is 1.11 bits per heavy atom. The minimum atomic E-state index is -3.50. The van der Waals surface area contributed by atoms with Gasteiger partial charge in [-0.05, 0) is 24.3 Å². The summed E-state index contributed by atoms with van der Waals surface area (Å²) >= 11 is 0. The van der Waals surface area contributed by atoms with Crippen LogP contribution in [-0.4, -0.2) is 26.8 Å². The second-order valence-electron chi connectivity index (χ2n) is 4.23. The monoisotopic (exact) mass is 280 g/mol. The Hall–Kier alpha value is -1.79. The molecule has 1 N–H and O–H groups in total. The number of hydrogen-bond donors (Lipinski definition) is 1. The molecule has 0 aliphatic carbocycles. The summed E-state index contributed by atoms with van der Waals surface area (Å²) in [6.45, 7) is 0.437. The second kappa shape index (κ2) is 5.46. The van der Waals surface area contributed by atoms with Gasteiger partial charge in [0.1, 0.15) is 5.76 Å². The van der Waals surface area contributed by atoms with Crippen molar-refractivity contribution in [1.82, 2.24) is 4.31 Å². The molecule has 2 rings (SSSR count). The lowest BCUT2D eigenvalue weighted by Crippen LogP contribution is -2.21. The first-order valence-electron chi connectivity index (χ1n) is 5.80. The van der Waals surface area contributed by atoms with Crippen molar-refractivity contribution in [3.05, 3.63) is 48.2 Å². The first-order chi connectivity index (χ1) is 9.00. The normalized spacial score (nSPS) is 11.7. The minimum Gasteiger partial charge on any atom is -0.446 e. The first-order valence-corrected chi connectivity index (χ1v) is 7.24. The van der Waals surface area contributed by atoms with Gasteiger partial charge in [0, 0.05) is 19.8 Å². The molecule has 5 nitrogen and oxygen atoms in total. The molecule has 0 radical (unpaired) electrons. The van der Waals surface area contributed by atoms with Crippen LogP contribution in [0.25, 0.3) is 0 Å². The number of anilines is 1. The third-order valence-corrected chi connectivity index (χ3v) is 4.30. The van der Waals surface area contributed by atoms with Gasteiger partial charge in [0.05, 0.1) is 6.54 Å². The molecule has 0 atom stereocenters. The van der Waals surface area contributed by atoms with Gasteiger partial charge in [-0.2, -0.15) is 0 Å². The number of furan rings is 1. The average molecular weight is 280 g/mol. The van der Waals surface area contributed by atoms with Gasteiger partial charge in [0.2, 0.25) is 5.09 Å². The molecule has 0 saturated heterocycles. The van der Waals surface area contributed by atoms with Gasteiger partial charge in [-0.15, -0.1) is 0 Å². The van der Waals surface area contributed by atoms with E-state index in [4.69, 9.17) is 4.42 Å². The SMILES string of the molecule is CN(C)S(=O)(=O)c1ccc(CNc2ccccc2)o1. The van der Waals surface area contributed by atoms with E-state index in [9.17, 15) is 8.42 Å². The van der Waals surface area contributed by atoms with Crippen LogP contribution in [0, 0.1) is 0 Å². The Bertz CT molecular complexity index is 633. The summed E-state index contributed by atoms with van der Waals surface area (Å²) in [6.07, 6.45) is 0. The van der Waals surface area contributed by atoms with E-state index in [-0.39, 0.29) is 5.09 Å². The summed E-state index contributed by atoms with van der Waals surface area (Å²) < 4.78 is 30.1. The molecule has 1 aromatic heterocycles. The molecule has 0 aliphatic rings. The molecule has 1 heterocycles. The zero-order valence-electron chi connectivity index (χ0n) is 10.8. The molecule has 19 heavy (non-hydrogen) atoms. The zero-order chi connectivity index (χ0) is 13.9. The van der Waals surface area contributed by atoms with Crippen LogP contribution in [0.5, 0.6) is 0 Å². The van der Waals surface area contributed by atoms with Crippen molar-refractivity contribution in [3.8, 4) is 0 Å². The molecule has 0 saturated carbocycles. The summed E-state index contributed by atoms with van der Waals surface area (Å²) in [5.74, 6) is 0.573. The third kappa shape index (κ3) is 3.15. The Morgan fingerprint density at radius 3 is 2.42 bits per heavy atom. The van der Waals surface area contributed by atoms with E-state index < -0.39 is 10.0 Å². The largest absolute Gasteiger partial charge is 0.446 e. The summed E-state index contributed by atoms with van der Waals surface area (Å²) in [4.78, 5) is 0. The van der Waals surface area contributed by atoms with Crippen molar-refractivity contribution in [1.29, 1.82) is 0 Å². The molecular formula is C13H16N2O3S. The van der Waals surface area contributed by atoms with Gasteiger partial charge in [0.25, 0.3) is 10.0 Å². The highest BCUT2D eigenvalue weighted by Gasteiger charge is 2.21. The maximum absolute atomic E-state index is 11.8. The van der Waals surface area contributed by atoms with Crippen molar-refractivity contribution in [2.75, 3.05) is 19.4 Å². The number of hydrogen-bond acceptors (Lipinski definition) is 4. The van der Waals surface area contributed by atoms with E-state index in [0.717, 1.165) is 9.99 Å². The molecule has 0 aliphatic heterocycles. The minimum absolute atomic E-state index is 0.0395. The summed E-state index contributed by atoms with van der Waals surface area (Å²) in [5, 5.41) is 3.11. The lowest BCUT2D eigenvalue weighted by atomic mass is 10.3. The van der Waals surface area contributed by atoms with Crippen LogP contribution in [-0.2, 0) is 16.6 Å². The van der Waals surface area contributed by atoms with Crippen LogP contribution in [0.15, 0.2) is 52.0 Å². The third-order valence-electron chi connectivity index (χ3n) is 2.61. The number of para-hydroxylation sites is 1. The van der Waals surface area contributed by atoms with E-state index in [1.807, 2.05) is 30.3 Å². The Labute approximate surface area is 112 Å². The maximum Gasteiger partial charge on any atom is 0.275 e. The Balaban J connectivity index is 2.06. The number of nitrogens with one attached hydrogen (secondary N) is 1. The molecule has 1 aromatic carbocycles. The lowest BCUT2D eigenvalue weighted by molar-refractivity contribution is 0.402. The average Bonchev–Trinajstić information content (AvgIpc) is 2.87. The Kier molecular flexibility index (Phi) is 3.92. The van der Waals surface area contributed by atoms with Gasteiger partial charge in [-0.3, -0.25) is 0 Å². The fourth-order valence-electron chi connectivity index (χ4n) is 1.52. The lowest BCUT2D eigenvalue weighted by Gasteiger charge is -2.08. The van der Waals surface area contributed by atoms with Crippen LogP contribution in [0.1, 0.15) is 5.76 Å². The number of nitrogens with zero attached hydrogens (tertiary/aromatic N) is 1. The van der Waals surface area contributed by atoms with Crippen LogP contribution in [0.4, 0.5) is 5.69 Å². The molecule has 6 heteroatoms. The summed E-state index contributed by atoms with van der Waals surface area (Å²) in [6, 6.07) is 12.8. The quantitative estimate of drug-likeness (QED) is 0.911. The van der Waals surface area contributed by atoms with E-state index in [2.05, 4.69) is 5.32 Å². The molecule has 0 spiro atoms. The first kappa shape index (κ1) is 13.6. The molecule has 0 fully saturated rings. The predicted octanol–water partition coefficient (Wildman–Crippen LogP) is 2.14. The van der Waals surface area contributed by atoms with Crippen LogP contribution >= 0.6 is 0 Å². The second-order valence-corrected chi connectivity index (χ2v) is 6.31. The van der Waals surface area contributed by atoms with Gasteiger partial charge in [0.15, 0.2) is 0 Å². The van der Waals surface area contributed by atoms with Crippen molar-refractivity contribution in [3.63, 3.8) is 0 Å². The molecule has 0 unspecified atom stereocenters. The van der Waals surface area contributed by atoms with Crippen molar-refractivity contribution >= 4 is 15.7 Å². The maximum atomic E-state index is 11.8. The highest BCUT2D eigenvalue weighted by molar-refractivity contribution is 7.88. The Morgan fingerprint density at radius 2 is 1.79 bits per heavy atom. The zero-order valence-corrected chi connectivity index (χ0v) is 11.6. The smallest absolute Gasteiger partial charge is 0.275 e. The van der Waals surface area contributed by atoms with E-state index in [1.165, 1.54) is 20.2 Å². The fraction of sp³-hybridized carbons (Fsp3) is 0.231.